The first-order chi connectivity index (χ1) is 8.54. The summed E-state index contributed by atoms with van der Waals surface area (Å²) < 4.78 is 13.7. The van der Waals surface area contributed by atoms with E-state index in [1.807, 2.05) is 0 Å². The minimum absolute atomic E-state index is 0.240. The predicted molar refractivity (Wildman–Crippen MR) is 73.9 cm³/mol. The molecule has 0 spiro atoms. The van der Waals surface area contributed by atoms with Crippen LogP contribution in [0.1, 0.15) is 32.6 Å². The number of aromatic nitrogens is 1. The highest BCUT2D eigenvalue weighted by molar-refractivity contribution is 6.30. The van der Waals surface area contributed by atoms with E-state index in [2.05, 4.69) is 17.2 Å². The summed E-state index contributed by atoms with van der Waals surface area (Å²) in [5.41, 5.74) is -0.240. The first kappa shape index (κ1) is 13.9. The molecular formula is C13H17Cl2FN2. The molecule has 5 heteroatoms. The predicted octanol–water partition coefficient (Wildman–Crippen LogP) is 4.47. The number of hydrogen-bond acceptors (Lipinski definition) is 2. The molecule has 1 heterocycles. The lowest BCUT2D eigenvalue weighted by atomic mass is 9.78. The Morgan fingerprint density at radius 1 is 1.50 bits per heavy atom. The second-order valence-electron chi connectivity index (χ2n) is 5.21. The first-order valence-corrected chi connectivity index (χ1v) is 7.11. The van der Waals surface area contributed by atoms with Crippen LogP contribution in [0.4, 0.5) is 10.2 Å². The zero-order valence-electron chi connectivity index (χ0n) is 10.3. The normalized spacial score (nSPS) is 28.1. The zero-order chi connectivity index (χ0) is 13.2. The van der Waals surface area contributed by atoms with Gasteiger partial charge in [0.2, 0.25) is 0 Å². The summed E-state index contributed by atoms with van der Waals surface area (Å²) in [6, 6.07) is 1.27. The van der Waals surface area contributed by atoms with Crippen LogP contribution in [-0.4, -0.2) is 16.4 Å². The highest BCUT2D eigenvalue weighted by atomic mass is 35.5. The summed E-state index contributed by atoms with van der Waals surface area (Å²) in [6.07, 6.45) is 5.55. The van der Waals surface area contributed by atoms with Crippen molar-refractivity contribution in [3.8, 4) is 0 Å². The number of rotatable bonds is 3. The standard InChI is InChI=1S/C13H17Cl2FN2/c1-9-2-4-13(8-14,5-3-9)18-12-11(16)6-10(15)7-17-12/h6-7,9H,2-5,8H2,1H3,(H,17,18). The van der Waals surface area contributed by atoms with Gasteiger partial charge in [0.25, 0.3) is 0 Å². The van der Waals surface area contributed by atoms with Crippen molar-refractivity contribution >= 4 is 29.0 Å². The maximum absolute atomic E-state index is 13.7. The van der Waals surface area contributed by atoms with Crippen LogP contribution in [0.3, 0.4) is 0 Å². The summed E-state index contributed by atoms with van der Waals surface area (Å²) in [4.78, 5) is 4.01. The molecule has 100 valence electrons. The number of halogens is 3. The summed E-state index contributed by atoms with van der Waals surface area (Å²) in [7, 11) is 0. The summed E-state index contributed by atoms with van der Waals surface area (Å²) >= 11 is 11.8. The Labute approximate surface area is 117 Å². The van der Waals surface area contributed by atoms with Gasteiger partial charge in [-0.05, 0) is 37.7 Å². The van der Waals surface area contributed by atoms with Crippen molar-refractivity contribution in [3.05, 3.63) is 23.1 Å². The molecule has 1 aromatic rings. The molecule has 0 radical (unpaired) electrons. The highest BCUT2D eigenvalue weighted by Crippen LogP contribution is 2.35. The molecule has 1 aliphatic rings. The molecule has 1 N–H and O–H groups in total. The molecule has 0 atom stereocenters. The largest absolute Gasteiger partial charge is 0.361 e. The molecule has 2 nitrogen and oxygen atoms in total. The van der Waals surface area contributed by atoms with Gasteiger partial charge < -0.3 is 5.32 Å². The van der Waals surface area contributed by atoms with Crippen LogP contribution in [0.25, 0.3) is 0 Å². The van der Waals surface area contributed by atoms with Crippen LogP contribution in [-0.2, 0) is 0 Å². The van der Waals surface area contributed by atoms with Crippen molar-refractivity contribution in [3.63, 3.8) is 0 Å². The minimum atomic E-state index is -0.425. The van der Waals surface area contributed by atoms with Crippen molar-refractivity contribution in [2.75, 3.05) is 11.2 Å². The van der Waals surface area contributed by atoms with Gasteiger partial charge in [-0.25, -0.2) is 9.37 Å². The summed E-state index contributed by atoms with van der Waals surface area (Å²) in [5, 5.41) is 3.48. The quantitative estimate of drug-likeness (QED) is 0.831. The van der Waals surface area contributed by atoms with E-state index in [-0.39, 0.29) is 11.4 Å². The fraction of sp³-hybridized carbons (Fsp3) is 0.615. The fourth-order valence-corrected chi connectivity index (χ4v) is 2.84. The van der Waals surface area contributed by atoms with Gasteiger partial charge in [0.1, 0.15) is 0 Å². The Morgan fingerprint density at radius 3 is 2.72 bits per heavy atom. The molecule has 0 bridgehead atoms. The number of nitrogens with one attached hydrogen (secondary N) is 1. The Hall–Kier alpha value is -0.540. The molecule has 1 aromatic heterocycles. The third-order valence-electron chi connectivity index (χ3n) is 3.68. The smallest absolute Gasteiger partial charge is 0.166 e. The topological polar surface area (TPSA) is 24.9 Å². The van der Waals surface area contributed by atoms with Gasteiger partial charge in [0, 0.05) is 12.1 Å². The summed E-state index contributed by atoms with van der Waals surface area (Å²) in [5.74, 6) is 0.995. The first-order valence-electron chi connectivity index (χ1n) is 6.20. The lowest BCUT2D eigenvalue weighted by Gasteiger charge is -2.39. The monoisotopic (exact) mass is 290 g/mol. The molecule has 0 unspecified atom stereocenters. The molecule has 0 saturated heterocycles. The van der Waals surface area contributed by atoms with Crippen LogP contribution < -0.4 is 5.32 Å². The maximum atomic E-state index is 13.7. The van der Waals surface area contributed by atoms with Crippen LogP contribution in [0.15, 0.2) is 12.3 Å². The maximum Gasteiger partial charge on any atom is 0.166 e. The van der Waals surface area contributed by atoms with Gasteiger partial charge >= 0.3 is 0 Å². The van der Waals surface area contributed by atoms with E-state index in [9.17, 15) is 4.39 Å². The lowest BCUT2D eigenvalue weighted by Crippen LogP contribution is -2.44. The van der Waals surface area contributed by atoms with Crippen molar-refractivity contribution in [2.45, 2.75) is 38.1 Å². The molecular weight excluding hydrogens is 274 g/mol. The SMILES string of the molecule is CC1CCC(CCl)(Nc2ncc(Cl)cc2F)CC1. The minimum Gasteiger partial charge on any atom is -0.361 e. The highest BCUT2D eigenvalue weighted by Gasteiger charge is 2.34. The second-order valence-corrected chi connectivity index (χ2v) is 5.91. The Morgan fingerprint density at radius 2 is 2.17 bits per heavy atom. The van der Waals surface area contributed by atoms with Crippen molar-refractivity contribution < 1.29 is 4.39 Å². The Balaban J connectivity index is 2.15. The van der Waals surface area contributed by atoms with Gasteiger partial charge in [0.05, 0.1) is 10.6 Å². The third-order valence-corrected chi connectivity index (χ3v) is 4.40. The van der Waals surface area contributed by atoms with Crippen LogP contribution in [0, 0.1) is 11.7 Å². The van der Waals surface area contributed by atoms with E-state index < -0.39 is 5.82 Å². The lowest BCUT2D eigenvalue weighted by molar-refractivity contribution is 0.285. The van der Waals surface area contributed by atoms with Crippen molar-refractivity contribution in [2.24, 2.45) is 5.92 Å². The molecule has 18 heavy (non-hydrogen) atoms. The molecule has 2 rings (SSSR count). The van der Waals surface area contributed by atoms with Gasteiger partial charge in [-0.2, -0.15) is 0 Å². The molecule has 1 fully saturated rings. The fourth-order valence-electron chi connectivity index (χ4n) is 2.36. The average molecular weight is 291 g/mol. The third kappa shape index (κ3) is 3.07. The Kier molecular flexibility index (Phi) is 4.33. The number of anilines is 1. The molecule has 1 saturated carbocycles. The van der Waals surface area contributed by atoms with Crippen molar-refractivity contribution in [1.82, 2.24) is 4.98 Å². The number of alkyl halides is 1. The number of nitrogens with zero attached hydrogens (tertiary/aromatic N) is 1. The van der Waals surface area contributed by atoms with Gasteiger partial charge in [0.15, 0.2) is 11.6 Å². The average Bonchev–Trinajstić information content (AvgIpc) is 2.36. The summed E-state index contributed by atoms with van der Waals surface area (Å²) in [6.45, 7) is 2.24. The van der Waals surface area contributed by atoms with E-state index in [0.717, 1.165) is 25.7 Å². The van der Waals surface area contributed by atoms with E-state index in [1.165, 1.54) is 12.3 Å². The van der Waals surface area contributed by atoms with Gasteiger partial charge in [-0.15, -0.1) is 11.6 Å². The van der Waals surface area contributed by atoms with E-state index in [4.69, 9.17) is 23.2 Å². The zero-order valence-corrected chi connectivity index (χ0v) is 11.9. The van der Waals surface area contributed by atoms with Crippen LogP contribution in [0.2, 0.25) is 5.02 Å². The molecule has 0 amide bonds. The molecule has 0 aromatic carbocycles. The number of pyridine rings is 1. The Bertz CT molecular complexity index is 417. The van der Waals surface area contributed by atoms with E-state index in [1.54, 1.807) is 0 Å². The van der Waals surface area contributed by atoms with E-state index >= 15 is 0 Å². The van der Waals surface area contributed by atoms with Crippen LogP contribution in [0.5, 0.6) is 0 Å². The van der Waals surface area contributed by atoms with E-state index in [0.29, 0.717) is 16.8 Å². The van der Waals surface area contributed by atoms with Crippen molar-refractivity contribution in [1.29, 1.82) is 0 Å². The van der Waals surface area contributed by atoms with Crippen LogP contribution >= 0.6 is 23.2 Å². The molecule has 1 aliphatic carbocycles. The molecule has 0 aliphatic heterocycles. The number of hydrogen-bond donors (Lipinski definition) is 1. The second kappa shape index (κ2) is 5.62. The van der Waals surface area contributed by atoms with Gasteiger partial charge in [-0.3, -0.25) is 0 Å². The van der Waals surface area contributed by atoms with Gasteiger partial charge in [-0.1, -0.05) is 18.5 Å².